The first kappa shape index (κ1) is 19.3. The van der Waals surface area contributed by atoms with Crippen LogP contribution in [0.3, 0.4) is 0 Å². The molecule has 0 radical (unpaired) electrons. The Labute approximate surface area is 162 Å². The zero-order valence-electron chi connectivity index (χ0n) is 14.7. The Kier molecular flexibility index (Phi) is 7.19. The van der Waals surface area contributed by atoms with Crippen LogP contribution < -0.4 is 10.5 Å². The summed E-state index contributed by atoms with van der Waals surface area (Å²) in [5, 5.41) is 0. The van der Waals surface area contributed by atoms with Crippen molar-refractivity contribution >= 4 is 29.9 Å². The van der Waals surface area contributed by atoms with Gasteiger partial charge in [0.05, 0.1) is 13.7 Å². The summed E-state index contributed by atoms with van der Waals surface area (Å²) in [6, 6.07) is 8.50. The minimum atomic E-state index is 0. The summed E-state index contributed by atoms with van der Waals surface area (Å²) < 4.78 is 5.41. The molecular weight excluding hydrogens is 413 g/mol. The van der Waals surface area contributed by atoms with Crippen molar-refractivity contribution < 1.29 is 4.74 Å². The number of halogens is 1. The summed E-state index contributed by atoms with van der Waals surface area (Å²) in [7, 11) is 1.73. The van der Waals surface area contributed by atoms with Crippen LogP contribution in [0.4, 0.5) is 0 Å². The molecule has 2 N–H and O–H groups in total. The van der Waals surface area contributed by atoms with Crippen molar-refractivity contribution in [3.05, 3.63) is 29.8 Å². The quantitative estimate of drug-likeness (QED) is 0.436. The fraction of sp³-hybridized carbons (Fsp3) is 0.632. The average Bonchev–Trinajstić information content (AvgIpc) is 3.11. The second-order valence-electron chi connectivity index (χ2n) is 6.94. The van der Waals surface area contributed by atoms with Gasteiger partial charge in [-0.1, -0.05) is 25.0 Å². The van der Waals surface area contributed by atoms with Crippen LogP contribution in [0.15, 0.2) is 29.3 Å². The number of ether oxygens (including phenoxy) is 1. The van der Waals surface area contributed by atoms with E-state index in [9.17, 15) is 0 Å². The number of guanidine groups is 1. The zero-order valence-corrected chi connectivity index (χ0v) is 17.0. The van der Waals surface area contributed by atoms with Crippen LogP contribution in [0.1, 0.15) is 50.5 Å². The van der Waals surface area contributed by atoms with Gasteiger partial charge in [0.15, 0.2) is 5.96 Å². The van der Waals surface area contributed by atoms with Crippen molar-refractivity contribution in [3.8, 4) is 5.75 Å². The predicted molar refractivity (Wildman–Crippen MR) is 110 cm³/mol. The van der Waals surface area contributed by atoms with E-state index in [1.165, 1.54) is 50.5 Å². The molecule has 1 aromatic carbocycles. The van der Waals surface area contributed by atoms with Crippen LogP contribution in [0.5, 0.6) is 5.75 Å². The van der Waals surface area contributed by atoms with E-state index in [0.717, 1.165) is 31.3 Å². The minimum absolute atomic E-state index is 0. The van der Waals surface area contributed by atoms with Crippen LogP contribution in [0, 0.1) is 0 Å². The highest BCUT2D eigenvalue weighted by Crippen LogP contribution is 2.42. The molecule has 5 heteroatoms. The molecule has 24 heavy (non-hydrogen) atoms. The molecule has 1 saturated heterocycles. The van der Waals surface area contributed by atoms with Crippen LogP contribution >= 0.6 is 24.0 Å². The lowest BCUT2D eigenvalue weighted by Gasteiger charge is -2.31. The molecule has 2 aliphatic rings. The first-order valence-electron chi connectivity index (χ1n) is 8.93. The van der Waals surface area contributed by atoms with Crippen molar-refractivity contribution in [1.29, 1.82) is 0 Å². The van der Waals surface area contributed by atoms with E-state index < -0.39 is 0 Å². The molecule has 3 rings (SSSR count). The third-order valence-corrected chi connectivity index (χ3v) is 5.47. The van der Waals surface area contributed by atoms with Gasteiger partial charge in [0.25, 0.3) is 0 Å². The van der Waals surface area contributed by atoms with E-state index >= 15 is 0 Å². The highest BCUT2D eigenvalue weighted by Gasteiger charge is 2.36. The maximum atomic E-state index is 6.27. The summed E-state index contributed by atoms with van der Waals surface area (Å²) >= 11 is 0. The molecule has 1 aliphatic carbocycles. The van der Waals surface area contributed by atoms with Gasteiger partial charge in [-0.2, -0.15) is 0 Å². The van der Waals surface area contributed by atoms with Gasteiger partial charge in [-0.05, 0) is 49.8 Å². The molecule has 0 amide bonds. The highest BCUT2D eigenvalue weighted by molar-refractivity contribution is 14.0. The summed E-state index contributed by atoms with van der Waals surface area (Å²) in [5.41, 5.74) is 7.76. The smallest absolute Gasteiger partial charge is 0.191 e. The summed E-state index contributed by atoms with van der Waals surface area (Å²) in [6.45, 7) is 2.91. The van der Waals surface area contributed by atoms with Gasteiger partial charge in [-0.15, -0.1) is 24.0 Å². The Bertz CT molecular complexity index is 549. The molecule has 0 unspecified atom stereocenters. The third-order valence-electron chi connectivity index (χ3n) is 5.47. The van der Waals surface area contributed by atoms with Crippen LogP contribution in [0.2, 0.25) is 0 Å². The van der Waals surface area contributed by atoms with Crippen molar-refractivity contribution in [2.75, 3.05) is 26.7 Å². The number of hydrogen-bond donors (Lipinski definition) is 1. The van der Waals surface area contributed by atoms with Gasteiger partial charge in [0.2, 0.25) is 0 Å². The van der Waals surface area contributed by atoms with E-state index in [-0.39, 0.29) is 29.4 Å². The van der Waals surface area contributed by atoms with Crippen molar-refractivity contribution in [2.45, 2.75) is 50.4 Å². The number of benzene rings is 1. The van der Waals surface area contributed by atoms with Gasteiger partial charge < -0.3 is 15.4 Å². The third kappa shape index (κ3) is 4.35. The Hall–Kier alpha value is -0.980. The molecule has 0 bridgehead atoms. The lowest BCUT2D eigenvalue weighted by molar-refractivity contribution is 0.335. The van der Waals surface area contributed by atoms with Gasteiger partial charge in [0, 0.05) is 18.5 Å². The van der Waals surface area contributed by atoms with Crippen LogP contribution in [-0.4, -0.2) is 37.6 Å². The molecule has 1 aromatic rings. The molecular formula is C19H30IN3O. The molecule has 1 heterocycles. The number of nitrogens with zero attached hydrogens (tertiary/aromatic N) is 2. The average molecular weight is 443 g/mol. The summed E-state index contributed by atoms with van der Waals surface area (Å²) in [4.78, 5) is 7.06. The van der Waals surface area contributed by atoms with E-state index in [2.05, 4.69) is 23.1 Å². The summed E-state index contributed by atoms with van der Waals surface area (Å²) in [5.74, 6) is 1.67. The maximum Gasteiger partial charge on any atom is 0.191 e. The Morgan fingerprint density at radius 2 is 1.88 bits per heavy atom. The SMILES string of the molecule is COc1cccc(C2(CN=C(N)N3CCCCC3)CCCC2)c1.I. The molecule has 1 saturated carbocycles. The number of rotatable bonds is 4. The highest BCUT2D eigenvalue weighted by atomic mass is 127. The van der Waals surface area contributed by atoms with Gasteiger partial charge in [-0.25, -0.2) is 0 Å². The number of piperidine rings is 1. The molecule has 0 atom stereocenters. The lowest BCUT2D eigenvalue weighted by atomic mass is 9.79. The Morgan fingerprint density at radius 1 is 1.17 bits per heavy atom. The van der Waals surface area contributed by atoms with Crippen LogP contribution in [0.25, 0.3) is 0 Å². The number of methoxy groups -OCH3 is 1. The van der Waals surface area contributed by atoms with Gasteiger partial charge >= 0.3 is 0 Å². The van der Waals surface area contributed by atoms with E-state index in [1.807, 2.05) is 6.07 Å². The lowest BCUT2D eigenvalue weighted by Crippen LogP contribution is -2.41. The molecule has 4 nitrogen and oxygen atoms in total. The Balaban J connectivity index is 0.00000208. The predicted octanol–water partition coefficient (Wildman–Crippen LogP) is 3.93. The molecule has 2 fully saturated rings. The number of nitrogens with two attached hydrogens (primary N) is 1. The van der Waals surface area contributed by atoms with Crippen molar-refractivity contribution in [3.63, 3.8) is 0 Å². The second kappa shape index (κ2) is 8.92. The van der Waals surface area contributed by atoms with Crippen molar-refractivity contribution in [1.82, 2.24) is 4.90 Å². The minimum Gasteiger partial charge on any atom is -0.497 e. The van der Waals surface area contributed by atoms with Gasteiger partial charge in [-0.3, -0.25) is 4.99 Å². The largest absolute Gasteiger partial charge is 0.497 e. The van der Waals surface area contributed by atoms with Crippen molar-refractivity contribution in [2.24, 2.45) is 10.7 Å². The summed E-state index contributed by atoms with van der Waals surface area (Å²) in [6.07, 6.45) is 8.71. The first-order chi connectivity index (χ1) is 11.2. The van der Waals surface area contributed by atoms with E-state index in [0.29, 0.717) is 0 Å². The van der Waals surface area contributed by atoms with E-state index in [4.69, 9.17) is 15.5 Å². The molecule has 0 aromatic heterocycles. The second-order valence-corrected chi connectivity index (χ2v) is 6.94. The number of likely N-dealkylation sites (tertiary alicyclic amines) is 1. The maximum absolute atomic E-state index is 6.27. The number of aliphatic imine (C=N–C) groups is 1. The topological polar surface area (TPSA) is 50.9 Å². The molecule has 1 aliphatic heterocycles. The van der Waals surface area contributed by atoms with Crippen LogP contribution in [-0.2, 0) is 5.41 Å². The normalized spacial score (nSPS) is 20.5. The number of hydrogen-bond acceptors (Lipinski definition) is 2. The first-order valence-corrected chi connectivity index (χ1v) is 8.93. The zero-order chi connectivity index (χ0) is 16.1. The van der Waals surface area contributed by atoms with E-state index in [1.54, 1.807) is 7.11 Å². The standard InChI is InChI=1S/C19H29N3O.HI/c1-23-17-9-7-8-16(14-17)19(10-3-4-11-19)15-21-18(20)22-12-5-2-6-13-22;/h7-9,14H,2-6,10-13,15H2,1H3,(H2,20,21);1H. The fourth-order valence-electron chi connectivity index (χ4n) is 4.00. The fourth-order valence-corrected chi connectivity index (χ4v) is 4.00. The molecule has 134 valence electrons. The van der Waals surface area contributed by atoms with Gasteiger partial charge in [0.1, 0.15) is 5.75 Å². The Morgan fingerprint density at radius 3 is 2.54 bits per heavy atom. The molecule has 0 spiro atoms. The monoisotopic (exact) mass is 443 g/mol.